The van der Waals surface area contributed by atoms with E-state index in [1.807, 2.05) is 30.3 Å². The van der Waals surface area contributed by atoms with Gasteiger partial charge in [-0.1, -0.05) is 181 Å². The number of ketones is 1. The molecule has 0 heterocycles. The number of allylic oxidation sites excluding steroid dienone is 1. The molecular weight excluding hydrogens is 633 g/mol. The van der Waals surface area contributed by atoms with Gasteiger partial charge in [0.15, 0.2) is 5.78 Å². The van der Waals surface area contributed by atoms with Crippen LogP contribution in [0.1, 0.15) is 66.5 Å². The van der Waals surface area contributed by atoms with Gasteiger partial charge in [0, 0.05) is 11.0 Å². The summed E-state index contributed by atoms with van der Waals surface area (Å²) < 4.78 is 0. The van der Waals surface area contributed by atoms with Gasteiger partial charge in [-0.2, -0.15) is 0 Å². The van der Waals surface area contributed by atoms with Gasteiger partial charge in [0.25, 0.3) is 0 Å². The van der Waals surface area contributed by atoms with E-state index in [0.717, 1.165) is 49.7 Å². The summed E-state index contributed by atoms with van der Waals surface area (Å²) in [4.78, 5) is 13.6. The molecule has 0 aromatic heterocycles. The third-order valence-corrected chi connectivity index (χ3v) is 12.1. The lowest BCUT2D eigenvalue weighted by Crippen LogP contribution is -2.33. The summed E-state index contributed by atoms with van der Waals surface area (Å²) in [5.41, 5.74) is 14.2. The van der Waals surface area contributed by atoms with Crippen molar-refractivity contribution in [3.8, 4) is 0 Å². The van der Waals surface area contributed by atoms with E-state index in [4.69, 9.17) is 0 Å². The molecule has 52 heavy (non-hydrogen) atoms. The average Bonchev–Trinajstić information content (AvgIpc) is 3.96. The molecule has 0 aliphatic heterocycles. The first kappa shape index (κ1) is 32.3. The fourth-order valence-electron chi connectivity index (χ4n) is 9.42. The molecule has 0 bridgehead atoms. The van der Waals surface area contributed by atoms with E-state index >= 15 is 0 Å². The number of hydrogen-bond donors (Lipinski definition) is 1. The molecule has 2 nitrogen and oxygen atoms in total. The third-order valence-electron chi connectivity index (χ3n) is 12.1. The van der Waals surface area contributed by atoms with E-state index in [2.05, 4.69) is 140 Å². The molecule has 4 aliphatic carbocycles. The Morgan fingerprint density at radius 2 is 1.00 bits per heavy atom. The van der Waals surface area contributed by atoms with Crippen LogP contribution in [0.2, 0.25) is 0 Å². The zero-order valence-electron chi connectivity index (χ0n) is 29.3. The highest BCUT2D eigenvalue weighted by molar-refractivity contribution is 6.08. The lowest BCUT2D eigenvalue weighted by molar-refractivity contribution is 0.0651. The van der Waals surface area contributed by atoms with E-state index < -0.39 is 11.5 Å². The number of benzene rings is 6. The quantitative estimate of drug-likeness (QED) is 0.191. The van der Waals surface area contributed by atoms with E-state index in [0.29, 0.717) is 0 Å². The van der Waals surface area contributed by atoms with Gasteiger partial charge in [-0.05, 0) is 88.6 Å². The summed E-state index contributed by atoms with van der Waals surface area (Å²) in [6.45, 7) is 0. The van der Waals surface area contributed by atoms with Gasteiger partial charge in [-0.25, -0.2) is 0 Å². The molecule has 6 aromatic carbocycles. The fraction of sp³-hybridized carbons (Fsp3) is 0.180. The van der Waals surface area contributed by atoms with Crippen molar-refractivity contribution in [3.63, 3.8) is 0 Å². The normalized spacial score (nSPS) is 22.0. The molecule has 0 saturated heterocycles. The van der Waals surface area contributed by atoms with Crippen molar-refractivity contribution < 1.29 is 9.90 Å². The van der Waals surface area contributed by atoms with Crippen molar-refractivity contribution in [2.24, 2.45) is 10.8 Å². The van der Waals surface area contributed by atoms with E-state index in [9.17, 15) is 9.90 Å². The number of Topliss-reactive ketones (excluding diaryl/α,β-unsaturated/α-hetero) is 1. The van der Waals surface area contributed by atoms with Crippen LogP contribution in [0.4, 0.5) is 0 Å². The van der Waals surface area contributed by atoms with Crippen LogP contribution >= 0.6 is 0 Å². The molecule has 1 N–H and O–H groups in total. The van der Waals surface area contributed by atoms with Crippen LogP contribution in [0.3, 0.4) is 0 Å². The lowest BCUT2D eigenvalue weighted by atomic mass is 9.70. The number of rotatable bonds is 6. The van der Waals surface area contributed by atoms with Crippen molar-refractivity contribution in [1.29, 1.82) is 0 Å². The summed E-state index contributed by atoms with van der Waals surface area (Å²) in [6.07, 6.45) is 9.28. The highest BCUT2D eigenvalue weighted by Crippen LogP contribution is 2.55. The fourth-order valence-corrected chi connectivity index (χ4v) is 9.42. The molecule has 0 spiro atoms. The first-order valence-corrected chi connectivity index (χ1v) is 18.6. The van der Waals surface area contributed by atoms with Crippen molar-refractivity contribution in [1.82, 2.24) is 0 Å². The van der Waals surface area contributed by atoms with Gasteiger partial charge in [0.1, 0.15) is 0 Å². The van der Waals surface area contributed by atoms with Gasteiger partial charge in [-0.3, -0.25) is 4.79 Å². The molecule has 6 aromatic rings. The molecule has 0 saturated carbocycles. The third kappa shape index (κ3) is 5.59. The molecule has 0 amide bonds. The van der Waals surface area contributed by atoms with Crippen molar-refractivity contribution >= 4 is 17.9 Å². The van der Waals surface area contributed by atoms with Gasteiger partial charge in [0.2, 0.25) is 0 Å². The highest BCUT2D eigenvalue weighted by atomic mass is 16.3. The number of carbonyl (C=O) groups excluding carboxylic acids is 1. The van der Waals surface area contributed by atoms with Crippen LogP contribution in [0, 0.1) is 10.8 Å². The first-order chi connectivity index (χ1) is 25.5. The Hall–Kier alpha value is -5.57. The predicted molar refractivity (Wildman–Crippen MR) is 211 cm³/mol. The maximum absolute atomic E-state index is 13.6. The molecule has 0 fully saturated rings. The number of carbonyl (C=O) groups is 1. The topological polar surface area (TPSA) is 37.3 Å². The van der Waals surface area contributed by atoms with Crippen LogP contribution in [-0.4, -0.2) is 10.9 Å². The Kier molecular flexibility index (Phi) is 8.21. The molecular formula is C50H42O2. The van der Waals surface area contributed by atoms with Crippen molar-refractivity contribution in [2.75, 3.05) is 0 Å². The minimum Gasteiger partial charge on any atom is -0.387 e. The monoisotopic (exact) mass is 674 g/mol. The molecule has 3 unspecified atom stereocenters. The number of aliphatic hydroxyl groups is 1. The maximum atomic E-state index is 13.6. The Morgan fingerprint density at radius 1 is 0.500 bits per heavy atom. The summed E-state index contributed by atoms with van der Waals surface area (Å²) in [5, 5.41) is 11.5. The Bertz CT molecular complexity index is 2350. The van der Waals surface area contributed by atoms with E-state index in [1.165, 1.54) is 55.7 Å². The number of aliphatic hydroxyl groups excluding tert-OH is 1. The van der Waals surface area contributed by atoms with Crippen LogP contribution in [-0.2, 0) is 38.5 Å². The van der Waals surface area contributed by atoms with Crippen LogP contribution in [0.5, 0.6) is 0 Å². The summed E-state index contributed by atoms with van der Waals surface area (Å²) in [5.74, 6) is 0.288. The largest absolute Gasteiger partial charge is 0.387 e. The zero-order chi connectivity index (χ0) is 35.1. The van der Waals surface area contributed by atoms with E-state index in [-0.39, 0.29) is 11.2 Å². The van der Waals surface area contributed by atoms with Gasteiger partial charge >= 0.3 is 0 Å². The number of hydrogen-bond acceptors (Lipinski definition) is 2. The zero-order valence-corrected chi connectivity index (χ0v) is 29.3. The van der Waals surface area contributed by atoms with Crippen molar-refractivity contribution in [3.05, 3.63) is 225 Å². The minimum atomic E-state index is -0.459. The van der Waals surface area contributed by atoms with Gasteiger partial charge < -0.3 is 5.11 Å². The molecule has 4 aliphatic rings. The average molecular weight is 675 g/mol. The second-order valence-corrected chi connectivity index (χ2v) is 15.1. The Labute approximate surface area is 306 Å². The standard InChI is InChI=1S/C25H22O.C25H20O/c2*26-24-23-13-7-6-12-21(23)17-25(24,16-18-8-2-1-3-9-18)22-14-19-10-4-5-11-20(19)15-22/h1-14,24,26H,15-17H2;1-14H,15-17H2. The maximum Gasteiger partial charge on any atom is 0.174 e. The van der Waals surface area contributed by atoms with Gasteiger partial charge in [0.05, 0.1) is 11.5 Å². The lowest BCUT2D eigenvalue weighted by Gasteiger charge is -2.35. The van der Waals surface area contributed by atoms with Crippen molar-refractivity contribution in [2.45, 2.75) is 44.6 Å². The molecule has 254 valence electrons. The predicted octanol–water partition coefficient (Wildman–Crippen LogP) is 10.4. The smallest absolute Gasteiger partial charge is 0.174 e. The second-order valence-electron chi connectivity index (χ2n) is 15.1. The summed E-state index contributed by atoms with van der Waals surface area (Å²) in [7, 11) is 0. The number of fused-ring (bicyclic) bond motifs is 4. The Balaban J connectivity index is 0.000000138. The summed E-state index contributed by atoms with van der Waals surface area (Å²) >= 11 is 0. The first-order valence-electron chi connectivity index (χ1n) is 18.6. The SMILES string of the molecule is O=C1c2ccccc2CC1(Cc1ccccc1)C1=Cc2ccccc2C1.OC1c2ccccc2CC1(Cc1ccccc1)C1=Cc2ccccc2C1. The molecule has 3 atom stereocenters. The summed E-state index contributed by atoms with van der Waals surface area (Å²) in [6, 6.07) is 54.7. The minimum absolute atomic E-state index is 0.260. The second kappa shape index (κ2) is 13.2. The van der Waals surface area contributed by atoms with E-state index in [1.54, 1.807) is 0 Å². The highest BCUT2D eigenvalue weighted by Gasteiger charge is 2.50. The van der Waals surface area contributed by atoms with Crippen LogP contribution < -0.4 is 0 Å². The van der Waals surface area contributed by atoms with Crippen LogP contribution in [0.25, 0.3) is 12.2 Å². The molecule has 10 rings (SSSR count). The Morgan fingerprint density at radius 3 is 1.62 bits per heavy atom. The molecule has 0 radical (unpaired) electrons. The molecule has 2 heteroatoms. The van der Waals surface area contributed by atoms with Crippen LogP contribution in [0.15, 0.2) is 169 Å². The van der Waals surface area contributed by atoms with Gasteiger partial charge in [-0.15, -0.1) is 0 Å².